The summed E-state index contributed by atoms with van der Waals surface area (Å²) in [5, 5.41) is 0. The number of hydrogen-bond donors (Lipinski definition) is 0. The van der Waals surface area contributed by atoms with Crippen LogP contribution in [0.3, 0.4) is 0 Å². The van der Waals surface area contributed by atoms with Crippen LogP contribution in [-0.4, -0.2) is 28.7 Å². The summed E-state index contributed by atoms with van der Waals surface area (Å²) in [6.07, 6.45) is 5.93. The number of rotatable bonds is 4. The van der Waals surface area contributed by atoms with Crippen molar-refractivity contribution in [1.29, 1.82) is 0 Å². The first-order valence-corrected chi connectivity index (χ1v) is 12.2. The normalized spacial score (nSPS) is 23.9. The number of fused-ring (bicyclic) bond motifs is 1. The van der Waals surface area contributed by atoms with Gasteiger partial charge in [0.05, 0.1) is 23.2 Å². The Morgan fingerprint density at radius 3 is 2.55 bits per heavy atom. The summed E-state index contributed by atoms with van der Waals surface area (Å²) in [5.41, 5.74) is 2.25. The maximum Gasteiger partial charge on any atom is 0.227 e. The van der Waals surface area contributed by atoms with Gasteiger partial charge in [-0.1, -0.05) is 15.9 Å². The third-order valence-corrected chi connectivity index (χ3v) is 7.44. The second-order valence-electron chi connectivity index (χ2n) is 8.91. The van der Waals surface area contributed by atoms with E-state index in [4.69, 9.17) is 9.72 Å². The standard InChI is InChI=1S/C25H26BrF2N3O2/c1-33-18-9-6-16(7-10-18)31-22-12-5-15(26)13-21(22)29-25(31)23-3-2-4-24(32)30(23)17-8-11-19(27)20(28)14-17/h5,8,11-14,16,18,23H,2-4,6-7,9-10H2,1H3. The van der Waals surface area contributed by atoms with Crippen molar-refractivity contribution in [3.05, 3.63) is 58.3 Å². The molecular formula is C25H26BrF2N3O2. The van der Waals surface area contributed by atoms with Gasteiger partial charge in [-0.05, 0) is 68.9 Å². The van der Waals surface area contributed by atoms with E-state index >= 15 is 0 Å². The number of anilines is 1. The maximum absolute atomic E-state index is 14.1. The number of methoxy groups -OCH3 is 1. The van der Waals surface area contributed by atoms with E-state index in [-0.39, 0.29) is 24.1 Å². The maximum atomic E-state index is 14.1. The summed E-state index contributed by atoms with van der Waals surface area (Å²) in [6, 6.07) is 9.61. The van der Waals surface area contributed by atoms with Crippen molar-refractivity contribution in [2.24, 2.45) is 0 Å². The number of benzene rings is 2. The average molecular weight is 518 g/mol. The Kier molecular flexibility index (Phi) is 6.22. The van der Waals surface area contributed by atoms with E-state index < -0.39 is 11.6 Å². The number of piperidine rings is 1. The van der Waals surface area contributed by atoms with Gasteiger partial charge in [-0.15, -0.1) is 0 Å². The SMILES string of the molecule is COC1CCC(n2c(C3CCCC(=O)N3c3ccc(F)c(F)c3)nc3cc(Br)ccc32)CC1. The van der Waals surface area contributed by atoms with E-state index in [9.17, 15) is 13.6 Å². The molecule has 5 rings (SSSR count). The van der Waals surface area contributed by atoms with Crippen molar-refractivity contribution in [3.63, 3.8) is 0 Å². The molecule has 174 valence electrons. The minimum atomic E-state index is -0.958. The average Bonchev–Trinajstić information content (AvgIpc) is 3.19. The van der Waals surface area contributed by atoms with Gasteiger partial charge < -0.3 is 14.2 Å². The Labute approximate surface area is 199 Å². The molecule has 0 N–H and O–H groups in total. The number of carbonyl (C=O) groups excluding carboxylic acids is 1. The second kappa shape index (κ2) is 9.14. The number of aromatic nitrogens is 2. The largest absolute Gasteiger partial charge is 0.381 e. The number of amides is 1. The van der Waals surface area contributed by atoms with Crippen molar-refractivity contribution in [3.8, 4) is 0 Å². The van der Waals surface area contributed by atoms with Crippen LogP contribution in [0.2, 0.25) is 0 Å². The minimum Gasteiger partial charge on any atom is -0.381 e. The van der Waals surface area contributed by atoms with Gasteiger partial charge in [0.2, 0.25) is 5.91 Å². The number of halogens is 3. The summed E-state index contributed by atoms with van der Waals surface area (Å²) in [4.78, 5) is 19.7. The highest BCUT2D eigenvalue weighted by Crippen LogP contribution is 2.41. The Bertz CT molecular complexity index is 1190. The molecule has 0 radical (unpaired) electrons. The molecule has 3 aromatic rings. The van der Waals surface area contributed by atoms with Crippen LogP contribution in [0.4, 0.5) is 14.5 Å². The molecule has 1 saturated heterocycles. The molecule has 2 aromatic carbocycles. The monoisotopic (exact) mass is 517 g/mol. The van der Waals surface area contributed by atoms with Gasteiger partial charge in [-0.25, -0.2) is 13.8 Å². The predicted molar refractivity (Wildman–Crippen MR) is 126 cm³/mol. The van der Waals surface area contributed by atoms with E-state index in [1.807, 2.05) is 12.1 Å². The fraction of sp³-hybridized carbons (Fsp3) is 0.440. The predicted octanol–water partition coefficient (Wildman–Crippen LogP) is 6.47. The molecule has 1 aliphatic heterocycles. The van der Waals surface area contributed by atoms with Crippen molar-refractivity contribution in [2.75, 3.05) is 12.0 Å². The smallest absolute Gasteiger partial charge is 0.227 e. The highest BCUT2D eigenvalue weighted by Gasteiger charge is 2.36. The van der Waals surface area contributed by atoms with E-state index in [1.54, 1.807) is 12.0 Å². The van der Waals surface area contributed by atoms with Gasteiger partial charge >= 0.3 is 0 Å². The quantitative estimate of drug-likeness (QED) is 0.398. The second-order valence-corrected chi connectivity index (χ2v) is 9.83. The topological polar surface area (TPSA) is 47.4 Å². The fourth-order valence-electron chi connectivity index (χ4n) is 5.32. The summed E-state index contributed by atoms with van der Waals surface area (Å²) in [6.45, 7) is 0. The Hall–Kier alpha value is -2.32. The Balaban J connectivity index is 1.62. The zero-order valence-electron chi connectivity index (χ0n) is 18.4. The van der Waals surface area contributed by atoms with E-state index in [2.05, 4.69) is 26.6 Å². The summed E-state index contributed by atoms with van der Waals surface area (Å²) >= 11 is 3.54. The van der Waals surface area contributed by atoms with Crippen LogP contribution in [-0.2, 0) is 9.53 Å². The van der Waals surface area contributed by atoms with E-state index in [1.165, 1.54) is 6.07 Å². The first-order valence-electron chi connectivity index (χ1n) is 11.4. The summed E-state index contributed by atoms with van der Waals surface area (Å²) < 4.78 is 36.5. The third-order valence-electron chi connectivity index (χ3n) is 6.95. The number of carbonyl (C=O) groups is 1. The highest BCUT2D eigenvalue weighted by molar-refractivity contribution is 9.10. The molecule has 8 heteroatoms. The first kappa shape index (κ1) is 22.5. The van der Waals surface area contributed by atoms with Gasteiger partial charge in [0.15, 0.2) is 11.6 Å². The molecule has 1 unspecified atom stereocenters. The summed E-state index contributed by atoms with van der Waals surface area (Å²) in [7, 11) is 1.76. The van der Waals surface area contributed by atoms with Gasteiger partial charge in [-0.3, -0.25) is 4.79 Å². The molecule has 0 bridgehead atoms. The Morgan fingerprint density at radius 1 is 1.03 bits per heavy atom. The molecular weight excluding hydrogens is 492 g/mol. The molecule has 5 nitrogen and oxygen atoms in total. The molecule has 1 saturated carbocycles. The van der Waals surface area contributed by atoms with Crippen LogP contribution in [0.25, 0.3) is 11.0 Å². The lowest BCUT2D eigenvalue weighted by molar-refractivity contribution is -0.120. The lowest BCUT2D eigenvalue weighted by atomic mass is 9.92. The molecule has 33 heavy (non-hydrogen) atoms. The summed E-state index contributed by atoms with van der Waals surface area (Å²) in [5.74, 6) is -1.17. The number of nitrogens with zero attached hydrogens (tertiary/aromatic N) is 3. The van der Waals surface area contributed by atoms with Gasteiger partial charge in [-0.2, -0.15) is 0 Å². The zero-order valence-corrected chi connectivity index (χ0v) is 20.0. The molecule has 1 aliphatic carbocycles. The lowest BCUT2D eigenvalue weighted by Crippen LogP contribution is -2.40. The van der Waals surface area contributed by atoms with Crippen LogP contribution in [0.1, 0.15) is 62.9 Å². The van der Waals surface area contributed by atoms with Crippen LogP contribution in [0.15, 0.2) is 40.9 Å². The van der Waals surface area contributed by atoms with Crippen molar-refractivity contribution in [2.45, 2.75) is 63.1 Å². The third kappa shape index (κ3) is 4.19. The number of hydrogen-bond acceptors (Lipinski definition) is 3. The molecule has 1 aromatic heterocycles. The van der Waals surface area contributed by atoms with E-state index in [0.29, 0.717) is 18.5 Å². The van der Waals surface area contributed by atoms with Crippen molar-refractivity contribution >= 4 is 38.6 Å². The van der Waals surface area contributed by atoms with Crippen molar-refractivity contribution in [1.82, 2.24) is 9.55 Å². The van der Waals surface area contributed by atoms with Gasteiger partial charge in [0.1, 0.15) is 5.82 Å². The van der Waals surface area contributed by atoms with Gasteiger partial charge in [0.25, 0.3) is 0 Å². The lowest BCUT2D eigenvalue weighted by Gasteiger charge is -2.37. The molecule has 1 atom stereocenters. The van der Waals surface area contributed by atoms with Crippen LogP contribution in [0, 0.1) is 11.6 Å². The van der Waals surface area contributed by atoms with Crippen LogP contribution < -0.4 is 4.90 Å². The zero-order chi connectivity index (χ0) is 23.1. The van der Waals surface area contributed by atoms with E-state index in [0.717, 1.165) is 65.6 Å². The molecule has 2 heterocycles. The van der Waals surface area contributed by atoms with Crippen LogP contribution >= 0.6 is 15.9 Å². The van der Waals surface area contributed by atoms with Crippen LogP contribution in [0.5, 0.6) is 0 Å². The molecule has 0 spiro atoms. The fourth-order valence-corrected chi connectivity index (χ4v) is 5.67. The minimum absolute atomic E-state index is 0.0971. The van der Waals surface area contributed by atoms with Gasteiger partial charge in [0, 0.05) is 35.8 Å². The van der Waals surface area contributed by atoms with Crippen molar-refractivity contribution < 1.29 is 18.3 Å². The number of ether oxygens (including phenoxy) is 1. The molecule has 2 fully saturated rings. The first-order chi connectivity index (χ1) is 16.0. The Morgan fingerprint density at radius 2 is 1.82 bits per heavy atom. The molecule has 2 aliphatic rings. The molecule has 1 amide bonds. The highest BCUT2D eigenvalue weighted by atomic mass is 79.9. The number of imidazole rings is 1.